The monoisotopic (exact) mass is 497 g/mol. The summed E-state index contributed by atoms with van der Waals surface area (Å²) in [5, 5.41) is 9.51. The smallest absolute Gasteiger partial charge is 0.119 e. The van der Waals surface area contributed by atoms with Crippen LogP contribution < -0.4 is 9.47 Å². The number of aliphatic hydroxyl groups excluding tert-OH is 1. The summed E-state index contributed by atoms with van der Waals surface area (Å²) < 4.78 is 11.1. The van der Waals surface area contributed by atoms with Crippen molar-refractivity contribution in [2.45, 2.75) is 32.3 Å². The van der Waals surface area contributed by atoms with E-state index in [4.69, 9.17) is 9.47 Å². The molecule has 0 spiro atoms. The van der Waals surface area contributed by atoms with Crippen molar-refractivity contribution in [1.82, 2.24) is 0 Å². The van der Waals surface area contributed by atoms with Crippen molar-refractivity contribution >= 4 is 0 Å². The van der Waals surface area contributed by atoms with Gasteiger partial charge in [-0.2, -0.15) is 0 Å². The van der Waals surface area contributed by atoms with Gasteiger partial charge in [-0.3, -0.25) is 0 Å². The van der Waals surface area contributed by atoms with Crippen LogP contribution in [0.3, 0.4) is 0 Å². The summed E-state index contributed by atoms with van der Waals surface area (Å²) in [6, 6.07) is 16.2. The Labute approximate surface area is 159 Å². The van der Waals surface area contributed by atoms with E-state index >= 15 is 0 Å². The summed E-state index contributed by atoms with van der Waals surface area (Å²) in [4.78, 5) is 0. The van der Waals surface area contributed by atoms with Crippen LogP contribution in [-0.2, 0) is 27.5 Å². The molecule has 1 unspecified atom stereocenters. The van der Waals surface area contributed by atoms with Crippen LogP contribution >= 0.6 is 0 Å². The molecule has 2 aromatic carbocycles. The Morgan fingerprint density at radius 2 is 1.42 bits per heavy atom. The van der Waals surface area contributed by atoms with E-state index in [1.807, 2.05) is 31.2 Å². The summed E-state index contributed by atoms with van der Waals surface area (Å²) in [7, 11) is 0. The van der Waals surface area contributed by atoms with Crippen LogP contribution in [0.1, 0.15) is 30.9 Å². The molecular formula is C20H25O3W-. The van der Waals surface area contributed by atoms with Crippen LogP contribution in [0.4, 0.5) is 0 Å². The number of benzene rings is 2. The van der Waals surface area contributed by atoms with E-state index in [0.717, 1.165) is 24.3 Å². The third kappa shape index (κ3) is 7.07. The Kier molecular flexibility index (Phi) is 9.74. The van der Waals surface area contributed by atoms with Crippen molar-refractivity contribution < 1.29 is 35.6 Å². The normalized spacial score (nSPS) is 11.5. The second kappa shape index (κ2) is 11.3. The number of rotatable bonds is 9. The van der Waals surface area contributed by atoms with Gasteiger partial charge in [0, 0.05) is 21.1 Å². The van der Waals surface area contributed by atoms with Crippen molar-refractivity contribution in [3.05, 3.63) is 66.6 Å². The first-order chi connectivity index (χ1) is 11.2. The average Bonchev–Trinajstić information content (AvgIpc) is 2.60. The fourth-order valence-electron chi connectivity index (χ4n) is 2.14. The molecule has 4 heteroatoms. The van der Waals surface area contributed by atoms with Gasteiger partial charge in [-0.05, 0) is 48.2 Å². The summed E-state index contributed by atoms with van der Waals surface area (Å²) in [5.41, 5.74) is 2.46. The molecule has 0 aliphatic heterocycles. The SMILES string of the molecule is [CH2-]CCOc1ccc(Cc2ccc(OCC(O)CC)cc2)cc1.[W]. The molecule has 0 amide bonds. The maximum absolute atomic E-state index is 9.51. The van der Waals surface area contributed by atoms with Crippen molar-refractivity contribution in [2.75, 3.05) is 13.2 Å². The molecule has 2 aromatic rings. The Morgan fingerprint density at radius 1 is 0.917 bits per heavy atom. The fraction of sp³-hybridized carbons (Fsp3) is 0.350. The Hall–Kier alpha value is -1.31. The predicted molar refractivity (Wildman–Crippen MR) is 93.0 cm³/mol. The molecule has 1 atom stereocenters. The van der Waals surface area contributed by atoms with Gasteiger partial charge in [-0.25, -0.2) is 0 Å². The number of ether oxygens (including phenoxy) is 2. The Bertz CT molecular complexity index is 566. The van der Waals surface area contributed by atoms with Crippen LogP contribution in [0.5, 0.6) is 11.5 Å². The number of hydrogen-bond donors (Lipinski definition) is 1. The molecule has 0 fully saturated rings. The standard InChI is InChI=1S/C20H25O3.W/c1-3-13-22-19-9-5-16(6-10-19)14-17-7-11-20(12-8-17)23-15-18(21)4-2;/h5-12,18,21H,1,3-4,13-15H2,2H3;/q-1;. The third-order valence-corrected chi connectivity index (χ3v) is 3.58. The summed E-state index contributed by atoms with van der Waals surface area (Å²) in [6.45, 7) is 6.68. The molecule has 0 saturated heterocycles. The minimum absolute atomic E-state index is 0. The van der Waals surface area contributed by atoms with Gasteiger partial charge in [0.1, 0.15) is 18.1 Å². The molecule has 0 bridgehead atoms. The molecule has 0 heterocycles. The van der Waals surface area contributed by atoms with E-state index in [-0.39, 0.29) is 21.1 Å². The largest absolute Gasteiger partial charge is 0.496 e. The van der Waals surface area contributed by atoms with Gasteiger partial charge < -0.3 is 21.5 Å². The van der Waals surface area contributed by atoms with Crippen molar-refractivity contribution in [3.63, 3.8) is 0 Å². The van der Waals surface area contributed by atoms with Gasteiger partial charge >= 0.3 is 0 Å². The van der Waals surface area contributed by atoms with Crippen LogP contribution in [0.15, 0.2) is 48.5 Å². The molecule has 0 radical (unpaired) electrons. The van der Waals surface area contributed by atoms with E-state index in [1.165, 1.54) is 11.1 Å². The summed E-state index contributed by atoms with van der Waals surface area (Å²) in [5.74, 6) is 1.67. The number of aliphatic hydroxyl groups is 1. The molecule has 0 aliphatic rings. The van der Waals surface area contributed by atoms with Crippen molar-refractivity contribution in [2.24, 2.45) is 0 Å². The molecule has 2 rings (SSSR count). The maximum atomic E-state index is 9.51. The molecule has 1 N–H and O–H groups in total. The van der Waals surface area contributed by atoms with Crippen LogP contribution in [0.2, 0.25) is 0 Å². The van der Waals surface area contributed by atoms with Gasteiger partial charge in [0.05, 0.1) is 12.7 Å². The van der Waals surface area contributed by atoms with Gasteiger partial charge in [0.2, 0.25) is 0 Å². The third-order valence-electron chi connectivity index (χ3n) is 3.58. The van der Waals surface area contributed by atoms with E-state index < -0.39 is 6.10 Å². The van der Waals surface area contributed by atoms with Gasteiger partial charge in [-0.15, -0.1) is 6.42 Å². The zero-order valence-electron chi connectivity index (χ0n) is 14.1. The first-order valence-corrected chi connectivity index (χ1v) is 8.12. The molecule has 24 heavy (non-hydrogen) atoms. The zero-order chi connectivity index (χ0) is 16.5. The van der Waals surface area contributed by atoms with E-state index in [0.29, 0.717) is 19.6 Å². The van der Waals surface area contributed by atoms with Gasteiger partial charge in [0.25, 0.3) is 0 Å². The van der Waals surface area contributed by atoms with Crippen LogP contribution in [0.25, 0.3) is 0 Å². The first-order valence-electron chi connectivity index (χ1n) is 8.12. The van der Waals surface area contributed by atoms with Crippen LogP contribution in [0, 0.1) is 6.92 Å². The second-order valence-electron chi connectivity index (χ2n) is 5.54. The van der Waals surface area contributed by atoms with Gasteiger partial charge in [0.15, 0.2) is 0 Å². The zero-order valence-corrected chi connectivity index (χ0v) is 17.0. The van der Waals surface area contributed by atoms with E-state index in [1.54, 1.807) is 0 Å². The minimum Gasteiger partial charge on any atom is -0.496 e. The van der Waals surface area contributed by atoms with E-state index in [9.17, 15) is 5.11 Å². The van der Waals surface area contributed by atoms with Crippen LogP contribution in [-0.4, -0.2) is 24.4 Å². The average molecular weight is 497 g/mol. The molecule has 0 saturated carbocycles. The minimum atomic E-state index is -0.404. The molecule has 130 valence electrons. The summed E-state index contributed by atoms with van der Waals surface area (Å²) >= 11 is 0. The Balaban J connectivity index is 0.00000288. The molecule has 0 aliphatic carbocycles. The second-order valence-corrected chi connectivity index (χ2v) is 5.54. The first kappa shape index (κ1) is 20.7. The van der Waals surface area contributed by atoms with Gasteiger partial charge in [-0.1, -0.05) is 31.2 Å². The molecule has 3 nitrogen and oxygen atoms in total. The topological polar surface area (TPSA) is 38.7 Å². The Morgan fingerprint density at radius 3 is 1.88 bits per heavy atom. The van der Waals surface area contributed by atoms with Crippen molar-refractivity contribution in [3.8, 4) is 11.5 Å². The van der Waals surface area contributed by atoms with Crippen molar-refractivity contribution in [1.29, 1.82) is 0 Å². The van der Waals surface area contributed by atoms with E-state index in [2.05, 4.69) is 31.2 Å². The molecule has 0 aromatic heterocycles. The molecular weight excluding hydrogens is 472 g/mol. The fourth-order valence-corrected chi connectivity index (χ4v) is 2.14. The maximum Gasteiger partial charge on any atom is 0.119 e. The summed E-state index contributed by atoms with van der Waals surface area (Å²) in [6.07, 6.45) is 1.93. The number of hydrogen-bond acceptors (Lipinski definition) is 3. The predicted octanol–water partition coefficient (Wildman–Crippen LogP) is 4.03. The quantitative estimate of drug-likeness (QED) is 0.532.